The van der Waals surface area contributed by atoms with Crippen LogP contribution in [-0.2, 0) is 9.59 Å². The summed E-state index contributed by atoms with van der Waals surface area (Å²) in [6.07, 6.45) is -0.0873. The fraction of sp³-hybridized carbons (Fsp3) is 0.333. The Hall–Kier alpha value is -2.56. The molecule has 2 aromatic rings. The SMILES string of the molecule is COc1ccc2cc([C@H](C)C(=O)NC(C)CC(=O)O)ccc2c1. The second-order valence-corrected chi connectivity index (χ2v) is 5.70. The Balaban J connectivity index is 2.15. The molecule has 0 radical (unpaired) electrons. The Morgan fingerprint density at radius 2 is 1.78 bits per heavy atom. The minimum Gasteiger partial charge on any atom is -0.497 e. The van der Waals surface area contributed by atoms with Crippen LogP contribution in [-0.4, -0.2) is 30.1 Å². The summed E-state index contributed by atoms with van der Waals surface area (Å²) in [5.74, 6) is -0.659. The van der Waals surface area contributed by atoms with E-state index >= 15 is 0 Å². The standard InChI is InChI=1S/C18H21NO4/c1-11(8-17(20)21)19-18(22)12(2)13-4-5-15-10-16(23-3)7-6-14(15)9-13/h4-7,9-12H,8H2,1-3H3,(H,19,22)(H,20,21)/t11?,12-/m0/s1. The Labute approximate surface area is 135 Å². The lowest BCUT2D eigenvalue weighted by molar-refractivity contribution is -0.137. The summed E-state index contributed by atoms with van der Waals surface area (Å²) in [6, 6.07) is 11.2. The molecule has 1 unspecified atom stereocenters. The van der Waals surface area contributed by atoms with Crippen molar-refractivity contribution in [3.63, 3.8) is 0 Å². The zero-order valence-corrected chi connectivity index (χ0v) is 13.5. The van der Waals surface area contributed by atoms with Crippen LogP contribution in [0.2, 0.25) is 0 Å². The molecule has 0 saturated carbocycles. The first-order valence-corrected chi connectivity index (χ1v) is 7.50. The Bertz CT molecular complexity index is 726. The average molecular weight is 315 g/mol. The van der Waals surface area contributed by atoms with E-state index in [2.05, 4.69) is 5.32 Å². The van der Waals surface area contributed by atoms with Gasteiger partial charge in [-0.2, -0.15) is 0 Å². The zero-order valence-electron chi connectivity index (χ0n) is 13.5. The Kier molecular flexibility index (Phi) is 5.21. The molecule has 0 bridgehead atoms. The fourth-order valence-corrected chi connectivity index (χ4v) is 2.47. The Morgan fingerprint density at radius 1 is 1.13 bits per heavy atom. The van der Waals surface area contributed by atoms with Gasteiger partial charge in [0.25, 0.3) is 0 Å². The highest BCUT2D eigenvalue weighted by atomic mass is 16.5. The van der Waals surface area contributed by atoms with Gasteiger partial charge in [-0.05, 0) is 42.3 Å². The van der Waals surface area contributed by atoms with Gasteiger partial charge in [-0.3, -0.25) is 9.59 Å². The van der Waals surface area contributed by atoms with E-state index in [0.29, 0.717) is 0 Å². The lowest BCUT2D eigenvalue weighted by Gasteiger charge is -2.17. The van der Waals surface area contributed by atoms with Gasteiger partial charge in [0.15, 0.2) is 0 Å². The van der Waals surface area contributed by atoms with Crippen LogP contribution < -0.4 is 10.1 Å². The number of methoxy groups -OCH3 is 1. The lowest BCUT2D eigenvalue weighted by atomic mass is 9.96. The zero-order chi connectivity index (χ0) is 17.0. The van der Waals surface area contributed by atoms with Crippen molar-refractivity contribution in [3.05, 3.63) is 42.0 Å². The van der Waals surface area contributed by atoms with Gasteiger partial charge in [-0.15, -0.1) is 0 Å². The quantitative estimate of drug-likeness (QED) is 0.859. The van der Waals surface area contributed by atoms with Crippen LogP contribution in [0.15, 0.2) is 36.4 Å². The molecule has 0 aliphatic carbocycles. The number of benzene rings is 2. The molecule has 23 heavy (non-hydrogen) atoms. The van der Waals surface area contributed by atoms with Crippen molar-refractivity contribution < 1.29 is 19.4 Å². The van der Waals surface area contributed by atoms with E-state index in [4.69, 9.17) is 9.84 Å². The van der Waals surface area contributed by atoms with E-state index in [1.54, 1.807) is 14.0 Å². The summed E-state index contributed by atoms with van der Waals surface area (Å²) < 4.78 is 5.20. The number of fused-ring (bicyclic) bond motifs is 1. The number of ether oxygens (including phenoxy) is 1. The van der Waals surface area contributed by atoms with Crippen LogP contribution in [0.3, 0.4) is 0 Å². The molecule has 122 valence electrons. The summed E-state index contributed by atoms with van der Waals surface area (Å²) >= 11 is 0. The van der Waals surface area contributed by atoms with Crippen molar-refractivity contribution in [2.24, 2.45) is 0 Å². The number of amides is 1. The molecule has 2 rings (SSSR count). The van der Waals surface area contributed by atoms with E-state index in [1.807, 2.05) is 43.3 Å². The molecule has 0 fully saturated rings. The second kappa shape index (κ2) is 7.13. The van der Waals surface area contributed by atoms with Gasteiger partial charge in [-0.1, -0.05) is 24.3 Å². The normalized spacial score (nSPS) is 13.3. The number of rotatable bonds is 6. The van der Waals surface area contributed by atoms with Crippen LogP contribution in [0.4, 0.5) is 0 Å². The number of hydrogen-bond acceptors (Lipinski definition) is 3. The summed E-state index contributed by atoms with van der Waals surface area (Å²) in [5.41, 5.74) is 0.891. The molecule has 0 aromatic heterocycles. The molecule has 5 nitrogen and oxygen atoms in total. The highest BCUT2D eigenvalue weighted by Crippen LogP contribution is 2.25. The molecule has 0 spiro atoms. The van der Waals surface area contributed by atoms with Crippen LogP contribution in [0.5, 0.6) is 5.75 Å². The predicted octanol–water partition coefficient (Wildman–Crippen LogP) is 2.93. The van der Waals surface area contributed by atoms with Crippen molar-refractivity contribution in [1.29, 1.82) is 0 Å². The van der Waals surface area contributed by atoms with Crippen molar-refractivity contribution >= 4 is 22.6 Å². The molecule has 0 heterocycles. The molecular weight excluding hydrogens is 294 g/mol. The van der Waals surface area contributed by atoms with Crippen LogP contribution in [0, 0.1) is 0 Å². The fourth-order valence-electron chi connectivity index (χ4n) is 2.47. The summed E-state index contributed by atoms with van der Waals surface area (Å²) in [7, 11) is 1.63. The van der Waals surface area contributed by atoms with Gasteiger partial charge in [0.1, 0.15) is 5.75 Å². The topological polar surface area (TPSA) is 75.6 Å². The maximum atomic E-state index is 12.2. The van der Waals surface area contributed by atoms with Crippen molar-refractivity contribution in [2.45, 2.75) is 32.2 Å². The van der Waals surface area contributed by atoms with E-state index in [1.165, 1.54) is 0 Å². The monoisotopic (exact) mass is 315 g/mol. The summed E-state index contributed by atoms with van der Waals surface area (Å²) in [6.45, 7) is 3.50. The summed E-state index contributed by atoms with van der Waals surface area (Å²) in [4.78, 5) is 22.9. The summed E-state index contributed by atoms with van der Waals surface area (Å²) in [5, 5.41) is 13.6. The first-order chi connectivity index (χ1) is 10.9. The number of carboxylic acid groups (broad SMARTS) is 1. The van der Waals surface area contributed by atoms with Crippen molar-refractivity contribution in [2.75, 3.05) is 7.11 Å². The third-order valence-corrected chi connectivity index (χ3v) is 3.83. The van der Waals surface area contributed by atoms with E-state index < -0.39 is 12.0 Å². The largest absolute Gasteiger partial charge is 0.497 e. The predicted molar refractivity (Wildman–Crippen MR) is 88.8 cm³/mol. The van der Waals surface area contributed by atoms with Gasteiger partial charge in [0.2, 0.25) is 5.91 Å². The molecule has 1 amide bonds. The van der Waals surface area contributed by atoms with Crippen molar-refractivity contribution in [3.8, 4) is 5.75 Å². The third-order valence-electron chi connectivity index (χ3n) is 3.83. The first-order valence-electron chi connectivity index (χ1n) is 7.50. The van der Waals surface area contributed by atoms with Gasteiger partial charge in [0.05, 0.1) is 19.4 Å². The van der Waals surface area contributed by atoms with E-state index in [0.717, 1.165) is 22.1 Å². The molecule has 0 aliphatic heterocycles. The molecule has 2 aromatic carbocycles. The minimum absolute atomic E-state index is 0.0873. The second-order valence-electron chi connectivity index (χ2n) is 5.70. The van der Waals surface area contributed by atoms with Crippen LogP contribution >= 0.6 is 0 Å². The highest BCUT2D eigenvalue weighted by molar-refractivity contribution is 5.88. The maximum Gasteiger partial charge on any atom is 0.305 e. The average Bonchev–Trinajstić information content (AvgIpc) is 2.52. The number of carbonyl (C=O) groups excluding carboxylic acids is 1. The molecule has 5 heteroatoms. The van der Waals surface area contributed by atoms with E-state index in [9.17, 15) is 9.59 Å². The van der Waals surface area contributed by atoms with Crippen LogP contribution in [0.1, 0.15) is 31.7 Å². The Morgan fingerprint density at radius 3 is 2.43 bits per heavy atom. The number of aliphatic carboxylic acids is 1. The highest BCUT2D eigenvalue weighted by Gasteiger charge is 2.18. The third kappa shape index (κ3) is 4.22. The molecular formula is C18H21NO4. The molecule has 0 saturated heterocycles. The minimum atomic E-state index is -0.926. The molecule has 0 aliphatic rings. The number of carbonyl (C=O) groups is 2. The number of hydrogen-bond donors (Lipinski definition) is 2. The van der Waals surface area contributed by atoms with Gasteiger partial charge in [0, 0.05) is 6.04 Å². The van der Waals surface area contributed by atoms with Gasteiger partial charge >= 0.3 is 5.97 Å². The number of carboxylic acids is 1. The van der Waals surface area contributed by atoms with Gasteiger partial charge in [-0.25, -0.2) is 0 Å². The molecule has 2 atom stereocenters. The number of nitrogens with one attached hydrogen (secondary N) is 1. The maximum absolute atomic E-state index is 12.2. The van der Waals surface area contributed by atoms with Crippen LogP contribution in [0.25, 0.3) is 10.8 Å². The smallest absolute Gasteiger partial charge is 0.305 e. The van der Waals surface area contributed by atoms with Crippen molar-refractivity contribution in [1.82, 2.24) is 5.32 Å². The molecule has 2 N–H and O–H groups in total. The van der Waals surface area contributed by atoms with Gasteiger partial charge < -0.3 is 15.2 Å². The first kappa shape index (κ1) is 16.8. The lowest BCUT2D eigenvalue weighted by Crippen LogP contribution is -2.36. The van der Waals surface area contributed by atoms with E-state index in [-0.39, 0.29) is 18.2 Å².